The molecular formula is C15H14ClNS. The fourth-order valence-corrected chi connectivity index (χ4v) is 3.37. The third kappa shape index (κ3) is 2.36. The Morgan fingerprint density at radius 2 is 1.67 bits per heavy atom. The lowest BCUT2D eigenvalue weighted by atomic mass is 10.1. The smallest absolute Gasteiger partial charge is 0.0458 e. The van der Waals surface area contributed by atoms with Gasteiger partial charge in [0.1, 0.15) is 0 Å². The average Bonchev–Trinajstić information content (AvgIpc) is 2.79. The molecular weight excluding hydrogens is 262 g/mol. The number of rotatable bonds is 2. The van der Waals surface area contributed by atoms with Gasteiger partial charge < -0.3 is 5.73 Å². The van der Waals surface area contributed by atoms with E-state index in [4.69, 9.17) is 17.3 Å². The van der Waals surface area contributed by atoms with Crippen molar-refractivity contribution in [1.29, 1.82) is 0 Å². The fourth-order valence-electron chi connectivity index (χ4n) is 2.34. The quantitative estimate of drug-likeness (QED) is 0.813. The van der Waals surface area contributed by atoms with Crippen LogP contribution in [0.15, 0.2) is 46.2 Å². The summed E-state index contributed by atoms with van der Waals surface area (Å²) in [6.45, 7) is 0. The Morgan fingerprint density at radius 3 is 2.39 bits per heavy atom. The molecule has 1 aliphatic carbocycles. The number of fused-ring (bicyclic) bond motifs is 1. The highest BCUT2D eigenvalue weighted by atomic mass is 35.5. The molecule has 3 heteroatoms. The number of halogens is 1. The predicted molar refractivity (Wildman–Crippen MR) is 78.5 cm³/mol. The maximum absolute atomic E-state index is 6.12. The summed E-state index contributed by atoms with van der Waals surface area (Å²) < 4.78 is 0. The summed E-state index contributed by atoms with van der Waals surface area (Å²) in [5, 5.41) is 0.765. The molecule has 92 valence electrons. The van der Waals surface area contributed by atoms with Crippen molar-refractivity contribution in [3.8, 4) is 0 Å². The average molecular weight is 276 g/mol. The van der Waals surface area contributed by atoms with E-state index in [1.165, 1.54) is 35.3 Å². The number of nitrogens with two attached hydrogens (primary N) is 1. The van der Waals surface area contributed by atoms with Gasteiger partial charge >= 0.3 is 0 Å². The minimum Gasteiger partial charge on any atom is -0.398 e. The van der Waals surface area contributed by atoms with E-state index >= 15 is 0 Å². The number of anilines is 1. The Balaban J connectivity index is 1.90. The lowest BCUT2D eigenvalue weighted by Gasteiger charge is -2.09. The maximum atomic E-state index is 6.12. The van der Waals surface area contributed by atoms with E-state index in [0.717, 1.165) is 15.6 Å². The van der Waals surface area contributed by atoms with E-state index in [0.29, 0.717) is 0 Å². The Kier molecular flexibility index (Phi) is 3.23. The zero-order valence-electron chi connectivity index (χ0n) is 9.95. The lowest BCUT2D eigenvalue weighted by Crippen LogP contribution is -1.92. The van der Waals surface area contributed by atoms with Crippen LogP contribution in [0.3, 0.4) is 0 Å². The van der Waals surface area contributed by atoms with Gasteiger partial charge in [-0.3, -0.25) is 0 Å². The van der Waals surface area contributed by atoms with Gasteiger partial charge in [-0.25, -0.2) is 0 Å². The van der Waals surface area contributed by atoms with Crippen LogP contribution in [-0.2, 0) is 12.8 Å². The van der Waals surface area contributed by atoms with Crippen molar-refractivity contribution >= 4 is 29.1 Å². The normalized spacial score (nSPS) is 13.6. The molecule has 18 heavy (non-hydrogen) atoms. The van der Waals surface area contributed by atoms with Gasteiger partial charge in [0, 0.05) is 20.5 Å². The van der Waals surface area contributed by atoms with Crippen LogP contribution in [0.2, 0.25) is 5.02 Å². The zero-order valence-corrected chi connectivity index (χ0v) is 11.5. The molecule has 1 nitrogen and oxygen atoms in total. The van der Waals surface area contributed by atoms with Crippen LogP contribution in [0.1, 0.15) is 17.5 Å². The molecule has 0 saturated heterocycles. The van der Waals surface area contributed by atoms with Gasteiger partial charge in [-0.05, 0) is 66.8 Å². The molecule has 0 amide bonds. The van der Waals surface area contributed by atoms with Crippen molar-refractivity contribution in [1.82, 2.24) is 0 Å². The lowest BCUT2D eigenvalue weighted by molar-refractivity contribution is 0.911. The van der Waals surface area contributed by atoms with Crippen LogP contribution in [0.5, 0.6) is 0 Å². The first-order valence-electron chi connectivity index (χ1n) is 6.07. The number of aryl methyl sites for hydroxylation is 2. The fraction of sp³-hybridized carbons (Fsp3) is 0.200. The second-order valence-electron chi connectivity index (χ2n) is 4.57. The summed E-state index contributed by atoms with van der Waals surface area (Å²) in [4.78, 5) is 2.32. The van der Waals surface area contributed by atoms with E-state index in [1.807, 2.05) is 24.3 Å². The summed E-state index contributed by atoms with van der Waals surface area (Å²) >= 11 is 7.59. The van der Waals surface area contributed by atoms with Crippen LogP contribution in [0.25, 0.3) is 0 Å². The minimum atomic E-state index is 0.765. The molecule has 0 aliphatic heterocycles. The van der Waals surface area contributed by atoms with E-state index in [9.17, 15) is 0 Å². The number of hydrogen-bond acceptors (Lipinski definition) is 2. The summed E-state index contributed by atoms with van der Waals surface area (Å²) in [5.74, 6) is 0. The van der Waals surface area contributed by atoms with Crippen molar-refractivity contribution in [2.45, 2.75) is 29.1 Å². The molecule has 0 heterocycles. The van der Waals surface area contributed by atoms with Crippen LogP contribution in [-0.4, -0.2) is 0 Å². The molecule has 0 spiro atoms. The Labute approximate surface area is 116 Å². The molecule has 0 saturated carbocycles. The maximum Gasteiger partial charge on any atom is 0.0458 e. The van der Waals surface area contributed by atoms with E-state index in [2.05, 4.69) is 12.1 Å². The molecule has 0 atom stereocenters. The van der Waals surface area contributed by atoms with Gasteiger partial charge in [0.15, 0.2) is 0 Å². The standard InChI is InChI=1S/C15H14ClNS/c16-12-4-6-13(7-5-12)18-15-9-11-3-1-2-10(11)8-14(15)17/h4-9H,1-3,17H2. The highest BCUT2D eigenvalue weighted by molar-refractivity contribution is 7.99. The van der Waals surface area contributed by atoms with Crippen molar-refractivity contribution < 1.29 is 0 Å². The number of benzene rings is 2. The monoisotopic (exact) mass is 275 g/mol. The van der Waals surface area contributed by atoms with Crippen LogP contribution < -0.4 is 5.73 Å². The molecule has 2 aromatic carbocycles. The molecule has 1 aliphatic rings. The highest BCUT2D eigenvalue weighted by Crippen LogP contribution is 2.36. The Morgan fingerprint density at radius 1 is 1.00 bits per heavy atom. The van der Waals surface area contributed by atoms with Gasteiger partial charge in [0.2, 0.25) is 0 Å². The molecule has 0 bridgehead atoms. The molecule has 0 radical (unpaired) electrons. The molecule has 0 aromatic heterocycles. The summed E-state index contributed by atoms with van der Waals surface area (Å²) in [6, 6.07) is 12.3. The summed E-state index contributed by atoms with van der Waals surface area (Å²) in [5.41, 5.74) is 9.89. The van der Waals surface area contributed by atoms with E-state index < -0.39 is 0 Å². The van der Waals surface area contributed by atoms with Gasteiger partial charge in [0.05, 0.1) is 0 Å². The molecule has 0 unspecified atom stereocenters. The number of hydrogen-bond donors (Lipinski definition) is 1. The van der Waals surface area contributed by atoms with Gasteiger partial charge in [0.25, 0.3) is 0 Å². The first-order chi connectivity index (χ1) is 8.72. The summed E-state index contributed by atoms with van der Waals surface area (Å²) in [7, 11) is 0. The second kappa shape index (κ2) is 4.87. The first-order valence-corrected chi connectivity index (χ1v) is 7.26. The first kappa shape index (κ1) is 11.9. The van der Waals surface area contributed by atoms with Crippen LogP contribution >= 0.6 is 23.4 Å². The van der Waals surface area contributed by atoms with Gasteiger partial charge in [-0.15, -0.1) is 0 Å². The summed E-state index contributed by atoms with van der Waals surface area (Å²) in [6.07, 6.45) is 3.61. The largest absolute Gasteiger partial charge is 0.398 e. The minimum absolute atomic E-state index is 0.765. The van der Waals surface area contributed by atoms with E-state index in [1.54, 1.807) is 11.8 Å². The van der Waals surface area contributed by atoms with E-state index in [-0.39, 0.29) is 0 Å². The highest BCUT2D eigenvalue weighted by Gasteiger charge is 2.14. The van der Waals surface area contributed by atoms with Crippen molar-refractivity contribution in [2.24, 2.45) is 0 Å². The molecule has 2 aromatic rings. The third-order valence-electron chi connectivity index (χ3n) is 3.27. The van der Waals surface area contributed by atoms with Crippen molar-refractivity contribution in [3.05, 3.63) is 52.5 Å². The van der Waals surface area contributed by atoms with Crippen LogP contribution in [0.4, 0.5) is 5.69 Å². The number of nitrogen functional groups attached to an aromatic ring is 1. The third-order valence-corrected chi connectivity index (χ3v) is 4.60. The second-order valence-corrected chi connectivity index (χ2v) is 6.12. The van der Waals surface area contributed by atoms with Gasteiger partial charge in [-0.1, -0.05) is 23.4 Å². The SMILES string of the molecule is Nc1cc2c(cc1Sc1ccc(Cl)cc1)CCC2. The van der Waals surface area contributed by atoms with Gasteiger partial charge in [-0.2, -0.15) is 0 Å². The molecule has 2 N–H and O–H groups in total. The molecule has 0 fully saturated rings. The molecule has 3 rings (SSSR count). The van der Waals surface area contributed by atoms with Crippen molar-refractivity contribution in [2.75, 3.05) is 5.73 Å². The topological polar surface area (TPSA) is 26.0 Å². The van der Waals surface area contributed by atoms with Crippen molar-refractivity contribution in [3.63, 3.8) is 0 Å². The Hall–Kier alpha value is -1.12. The zero-order chi connectivity index (χ0) is 12.5. The predicted octanol–water partition coefficient (Wildman–Crippen LogP) is 4.56. The Bertz CT molecular complexity index is 578. The van der Waals surface area contributed by atoms with Crippen LogP contribution in [0, 0.1) is 0 Å².